The van der Waals surface area contributed by atoms with Gasteiger partial charge in [-0.3, -0.25) is 0 Å². The molecule has 2 amide bonds. The lowest BCUT2D eigenvalue weighted by atomic mass is 10.1. The van der Waals surface area contributed by atoms with Gasteiger partial charge in [0.2, 0.25) is 5.75 Å². The van der Waals surface area contributed by atoms with Gasteiger partial charge in [0.25, 0.3) is 0 Å². The number of ether oxygens (including phenoxy) is 4. The molecule has 2 aromatic rings. The first-order valence-electron chi connectivity index (χ1n) is 8.09. The van der Waals surface area contributed by atoms with Gasteiger partial charge in [0.05, 0.1) is 28.4 Å². The highest BCUT2D eigenvalue weighted by Crippen LogP contribution is 2.38. The molecule has 2 aromatic carbocycles. The van der Waals surface area contributed by atoms with Gasteiger partial charge in [-0.15, -0.1) is 0 Å². The number of hydrogen-bond donors (Lipinski definition) is 2. The molecule has 2 rings (SSSR count). The summed E-state index contributed by atoms with van der Waals surface area (Å²) in [4.78, 5) is 12.0. The van der Waals surface area contributed by atoms with Crippen molar-refractivity contribution in [2.75, 3.05) is 40.3 Å². The molecule has 0 aromatic heterocycles. The first kappa shape index (κ1) is 19.2. The number of carbonyl (C=O) groups is 1. The highest BCUT2D eigenvalue weighted by molar-refractivity contribution is 5.89. The van der Waals surface area contributed by atoms with E-state index in [-0.39, 0.29) is 6.03 Å². The van der Waals surface area contributed by atoms with Crippen LogP contribution in [-0.2, 0) is 6.42 Å². The monoisotopic (exact) mass is 360 g/mol. The number of anilines is 1. The van der Waals surface area contributed by atoms with Gasteiger partial charge in [-0.1, -0.05) is 0 Å². The van der Waals surface area contributed by atoms with Crippen LogP contribution < -0.4 is 29.6 Å². The Balaban J connectivity index is 1.91. The zero-order valence-corrected chi connectivity index (χ0v) is 15.4. The molecule has 0 saturated carbocycles. The first-order valence-corrected chi connectivity index (χ1v) is 8.09. The number of methoxy groups -OCH3 is 4. The molecule has 0 aliphatic rings. The average molecular weight is 360 g/mol. The van der Waals surface area contributed by atoms with Crippen LogP contribution in [0, 0.1) is 0 Å². The lowest BCUT2D eigenvalue weighted by molar-refractivity contribution is 0.252. The number of hydrogen-bond acceptors (Lipinski definition) is 5. The fraction of sp³-hybridized carbons (Fsp3) is 0.316. The van der Waals surface area contributed by atoms with Crippen molar-refractivity contribution in [1.82, 2.24) is 5.32 Å². The third-order valence-corrected chi connectivity index (χ3v) is 3.77. The molecule has 0 radical (unpaired) electrons. The number of benzene rings is 2. The summed E-state index contributed by atoms with van der Waals surface area (Å²) in [6, 6.07) is 10.6. The van der Waals surface area contributed by atoms with E-state index >= 15 is 0 Å². The molecule has 0 bridgehead atoms. The third-order valence-electron chi connectivity index (χ3n) is 3.77. The van der Waals surface area contributed by atoms with Crippen LogP contribution in [0.1, 0.15) is 5.56 Å². The molecule has 0 unspecified atom stereocenters. The lowest BCUT2D eigenvalue weighted by Gasteiger charge is -2.14. The second kappa shape index (κ2) is 9.41. The maximum Gasteiger partial charge on any atom is 0.319 e. The SMILES string of the molecule is COc1ccc(NC(=O)NCCc2cc(OC)c(OC)c(OC)c2)cc1. The van der Waals surface area contributed by atoms with Crippen LogP contribution in [0.5, 0.6) is 23.0 Å². The Morgan fingerprint density at radius 3 is 2.00 bits per heavy atom. The molecule has 0 fully saturated rings. The standard InChI is InChI=1S/C19H24N2O5/c1-23-15-7-5-14(6-8-15)21-19(22)20-10-9-13-11-16(24-2)18(26-4)17(12-13)25-3/h5-8,11-12H,9-10H2,1-4H3,(H2,20,21,22). The topological polar surface area (TPSA) is 78.1 Å². The van der Waals surface area contributed by atoms with E-state index in [1.165, 1.54) is 0 Å². The fourth-order valence-electron chi connectivity index (χ4n) is 2.45. The molecular weight excluding hydrogens is 336 g/mol. The van der Waals surface area contributed by atoms with E-state index in [0.29, 0.717) is 35.9 Å². The normalized spacial score (nSPS) is 10.0. The summed E-state index contributed by atoms with van der Waals surface area (Å²) in [5.41, 5.74) is 1.65. The Bertz CT molecular complexity index is 706. The van der Waals surface area contributed by atoms with E-state index in [1.807, 2.05) is 12.1 Å². The van der Waals surface area contributed by atoms with Gasteiger partial charge >= 0.3 is 6.03 Å². The Morgan fingerprint density at radius 1 is 0.885 bits per heavy atom. The molecule has 140 valence electrons. The van der Waals surface area contributed by atoms with Gasteiger partial charge in [0.1, 0.15) is 5.75 Å². The summed E-state index contributed by atoms with van der Waals surface area (Å²) < 4.78 is 21.0. The van der Waals surface area contributed by atoms with Crippen LogP contribution in [0.25, 0.3) is 0 Å². The van der Waals surface area contributed by atoms with Gasteiger partial charge in [0.15, 0.2) is 11.5 Å². The van der Waals surface area contributed by atoms with Gasteiger partial charge in [0, 0.05) is 12.2 Å². The highest BCUT2D eigenvalue weighted by Gasteiger charge is 2.13. The second-order valence-electron chi connectivity index (χ2n) is 5.39. The zero-order chi connectivity index (χ0) is 18.9. The van der Waals surface area contributed by atoms with Crippen molar-refractivity contribution in [3.8, 4) is 23.0 Å². The predicted octanol–water partition coefficient (Wildman–Crippen LogP) is 3.09. The summed E-state index contributed by atoms with van der Waals surface area (Å²) in [5, 5.41) is 5.59. The van der Waals surface area contributed by atoms with Crippen LogP contribution in [0.2, 0.25) is 0 Å². The number of rotatable bonds is 8. The Kier molecular flexibility index (Phi) is 6.96. The summed E-state index contributed by atoms with van der Waals surface area (Å²) >= 11 is 0. The van der Waals surface area contributed by atoms with Crippen molar-refractivity contribution < 1.29 is 23.7 Å². The molecule has 0 heterocycles. The fourth-order valence-corrected chi connectivity index (χ4v) is 2.45. The van der Waals surface area contributed by atoms with Crippen molar-refractivity contribution in [3.05, 3.63) is 42.0 Å². The average Bonchev–Trinajstić information content (AvgIpc) is 2.67. The van der Waals surface area contributed by atoms with Crippen molar-refractivity contribution in [2.24, 2.45) is 0 Å². The van der Waals surface area contributed by atoms with E-state index < -0.39 is 0 Å². The molecule has 0 aliphatic heterocycles. The number of urea groups is 1. The summed E-state index contributed by atoms with van der Waals surface area (Å²) in [7, 11) is 6.30. The molecule has 2 N–H and O–H groups in total. The van der Waals surface area contributed by atoms with Crippen molar-refractivity contribution in [1.29, 1.82) is 0 Å². The van der Waals surface area contributed by atoms with E-state index in [0.717, 1.165) is 11.3 Å². The first-order chi connectivity index (χ1) is 12.6. The van der Waals surface area contributed by atoms with E-state index in [4.69, 9.17) is 18.9 Å². The van der Waals surface area contributed by atoms with E-state index in [9.17, 15) is 4.79 Å². The quantitative estimate of drug-likeness (QED) is 0.756. The van der Waals surface area contributed by atoms with Crippen molar-refractivity contribution in [3.63, 3.8) is 0 Å². The van der Waals surface area contributed by atoms with Crippen molar-refractivity contribution >= 4 is 11.7 Å². The zero-order valence-electron chi connectivity index (χ0n) is 15.4. The van der Waals surface area contributed by atoms with E-state index in [2.05, 4.69) is 10.6 Å². The van der Waals surface area contributed by atoms with Gasteiger partial charge < -0.3 is 29.6 Å². The van der Waals surface area contributed by atoms with Crippen molar-refractivity contribution in [2.45, 2.75) is 6.42 Å². The number of carbonyl (C=O) groups excluding carboxylic acids is 1. The highest BCUT2D eigenvalue weighted by atomic mass is 16.5. The summed E-state index contributed by atoms with van der Waals surface area (Å²) in [6.07, 6.45) is 0.618. The second-order valence-corrected chi connectivity index (χ2v) is 5.39. The molecule has 7 heteroatoms. The summed E-state index contributed by atoms with van der Waals surface area (Å²) in [5.74, 6) is 2.45. The minimum absolute atomic E-state index is 0.275. The molecular formula is C19H24N2O5. The minimum Gasteiger partial charge on any atom is -0.497 e. The predicted molar refractivity (Wildman–Crippen MR) is 99.8 cm³/mol. The van der Waals surface area contributed by atoms with Crippen LogP contribution in [0.15, 0.2) is 36.4 Å². The van der Waals surface area contributed by atoms with Gasteiger partial charge in [-0.2, -0.15) is 0 Å². The number of amides is 2. The van der Waals surface area contributed by atoms with Crippen LogP contribution in [-0.4, -0.2) is 41.0 Å². The van der Waals surface area contributed by atoms with Crippen LogP contribution in [0.3, 0.4) is 0 Å². The van der Waals surface area contributed by atoms with Gasteiger partial charge in [-0.05, 0) is 48.4 Å². The largest absolute Gasteiger partial charge is 0.497 e. The van der Waals surface area contributed by atoms with Crippen LogP contribution in [0.4, 0.5) is 10.5 Å². The van der Waals surface area contributed by atoms with Crippen LogP contribution >= 0.6 is 0 Å². The van der Waals surface area contributed by atoms with Gasteiger partial charge in [-0.25, -0.2) is 4.79 Å². The molecule has 0 aliphatic carbocycles. The van der Waals surface area contributed by atoms with E-state index in [1.54, 1.807) is 52.7 Å². The molecule has 0 atom stereocenters. The molecule has 7 nitrogen and oxygen atoms in total. The maximum atomic E-state index is 12.0. The molecule has 26 heavy (non-hydrogen) atoms. The minimum atomic E-state index is -0.275. The Morgan fingerprint density at radius 2 is 1.50 bits per heavy atom. The third kappa shape index (κ3) is 4.95. The smallest absolute Gasteiger partial charge is 0.319 e. The summed E-state index contributed by atoms with van der Waals surface area (Å²) in [6.45, 7) is 0.459. The maximum absolute atomic E-state index is 12.0. The Labute approximate surface area is 153 Å². The Hall–Kier alpha value is -3.09. The molecule has 0 spiro atoms. The number of nitrogens with one attached hydrogen (secondary N) is 2. The molecule has 0 saturated heterocycles. The lowest BCUT2D eigenvalue weighted by Crippen LogP contribution is -2.30.